The lowest BCUT2D eigenvalue weighted by molar-refractivity contribution is 0.628. The Hall–Kier alpha value is -2.08. The molecule has 24 heavy (non-hydrogen) atoms. The van der Waals surface area contributed by atoms with Gasteiger partial charge in [0, 0.05) is 16.7 Å². The fourth-order valence-corrected chi connectivity index (χ4v) is 2.60. The zero-order valence-corrected chi connectivity index (χ0v) is 14.3. The zero-order chi connectivity index (χ0) is 17.1. The van der Waals surface area contributed by atoms with E-state index in [9.17, 15) is 4.39 Å². The standard InChI is InChI=1S/C16H10Cl3FN4/c17-10-4-5-13(12(18)7-10)23-24-15-8-14(19)21-16(22-15)9-2-1-3-11(20)6-9/h1-8,23H,(H,21,22,24). The molecule has 0 aliphatic carbocycles. The second-order valence-corrected chi connectivity index (χ2v) is 6.01. The van der Waals surface area contributed by atoms with Crippen molar-refractivity contribution >= 4 is 46.3 Å². The fraction of sp³-hybridized carbons (Fsp3) is 0. The Balaban J connectivity index is 1.84. The summed E-state index contributed by atoms with van der Waals surface area (Å²) in [5.41, 5.74) is 6.92. The van der Waals surface area contributed by atoms with Crippen LogP contribution in [0.3, 0.4) is 0 Å². The second-order valence-electron chi connectivity index (χ2n) is 4.78. The van der Waals surface area contributed by atoms with E-state index >= 15 is 0 Å². The van der Waals surface area contributed by atoms with Crippen LogP contribution in [0.25, 0.3) is 11.4 Å². The van der Waals surface area contributed by atoms with Crippen molar-refractivity contribution in [3.8, 4) is 11.4 Å². The van der Waals surface area contributed by atoms with Gasteiger partial charge in [-0.2, -0.15) is 0 Å². The Morgan fingerprint density at radius 3 is 2.46 bits per heavy atom. The lowest BCUT2D eigenvalue weighted by atomic mass is 10.2. The van der Waals surface area contributed by atoms with E-state index in [0.717, 1.165) is 0 Å². The normalized spacial score (nSPS) is 10.5. The largest absolute Gasteiger partial charge is 0.298 e. The summed E-state index contributed by atoms with van der Waals surface area (Å²) in [5, 5.41) is 1.19. The maximum Gasteiger partial charge on any atom is 0.163 e. The molecule has 0 fully saturated rings. The summed E-state index contributed by atoms with van der Waals surface area (Å²) >= 11 is 18.0. The highest BCUT2D eigenvalue weighted by molar-refractivity contribution is 6.36. The van der Waals surface area contributed by atoms with Crippen molar-refractivity contribution in [3.05, 3.63) is 69.5 Å². The molecule has 2 aromatic carbocycles. The van der Waals surface area contributed by atoms with Gasteiger partial charge in [0.05, 0.1) is 10.7 Å². The van der Waals surface area contributed by atoms with Gasteiger partial charge in [0.25, 0.3) is 0 Å². The monoisotopic (exact) mass is 382 g/mol. The molecule has 0 aliphatic rings. The summed E-state index contributed by atoms with van der Waals surface area (Å²) in [7, 11) is 0. The molecule has 1 aromatic heterocycles. The third-order valence-corrected chi connectivity index (χ3v) is 3.78. The number of nitrogens with zero attached hydrogens (tertiary/aromatic N) is 2. The summed E-state index contributed by atoms with van der Waals surface area (Å²) in [6.45, 7) is 0. The minimum absolute atomic E-state index is 0.218. The smallest absolute Gasteiger partial charge is 0.163 e. The van der Waals surface area contributed by atoms with Crippen molar-refractivity contribution in [2.45, 2.75) is 0 Å². The fourth-order valence-electron chi connectivity index (χ4n) is 1.96. The van der Waals surface area contributed by atoms with Gasteiger partial charge in [0.2, 0.25) is 0 Å². The molecule has 0 amide bonds. The first kappa shape index (κ1) is 16.8. The van der Waals surface area contributed by atoms with E-state index in [1.54, 1.807) is 30.3 Å². The topological polar surface area (TPSA) is 49.8 Å². The molecule has 0 bridgehead atoms. The first-order chi connectivity index (χ1) is 11.5. The Kier molecular flexibility index (Phi) is 5.04. The number of hydrogen-bond donors (Lipinski definition) is 2. The van der Waals surface area contributed by atoms with Crippen molar-refractivity contribution < 1.29 is 4.39 Å². The number of rotatable bonds is 4. The molecule has 0 aliphatic heterocycles. The third-order valence-electron chi connectivity index (χ3n) is 3.03. The zero-order valence-electron chi connectivity index (χ0n) is 12.0. The average molecular weight is 384 g/mol. The van der Waals surface area contributed by atoms with Crippen molar-refractivity contribution in [1.29, 1.82) is 0 Å². The van der Waals surface area contributed by atoms with Gasteiger partial charge in [-0.05, 0) is 30.3 Å². The molecule has 0 radical (unpaired) electrons. The minimum Gasteiger partial charge on any atom is -0.298 e. The molecule has 1 heterocycles. The van der Waals surface area contributed by atoms with Crippen LogP contribution in [-0.2, 0) is 0 Å². The number of anilines is 2. The Labute approximate surface area is 152 Å². The maximum atomic E-state index is 13.4. The first-order valence-electron chi connectivity index (χ1n) is 6.79. The molecule has 3 rings (SSSR count). The van der Waals surface area contributed by atoms with E-state index in [0.29, 0.717) is 32.9 Å². The van der Waals surface area contributed by atoms with Gasteiger partial charge in [0.15, 0.2) is 5.82 Å². The Morgan fingerprint density at radius 2 is 1.71 bits per heavy atom. The lowest BCUT2D eigenvalue weighted by Gasteiger charge is -2.12. The second kappa shape index (κ2) is 7.21. The van der Waals surface area contributed by atoms with Gasteiger partial charge in [-0.3, -0.25) is 10.9 Å². The maximum absolute atomic E-state index is 13.4. The van der Waals surface area contributed by atoms with Crippen molar-refractivity contribution in [2.24, 2.45) is 0 Å². The molecule has 0 saturated heterocycles. The van der Waals surface area contributed by atoms with Crippen LogP contribution in [0.4, 0.5) is 15.9 Å². The predicted molar refractivity (Wildman–Crippen MR) is 96.1 cm³/mol. The van der Waals surface area contributed by atoms with Crippen LogP contribution in [-0.4, -0.2) is 9.97 Å². The molecule has 2 N–H and O–H groups in total. The summed E-state index contributed by atoms with van der Waals surface area (Å²) in [6.07, 6.45) is 0. The van der Waals surface area contributed by atoms with Crippen LogP contribution in [0.2, 0.25) is 15.2 Å². The quantitative estimate of drug-likeness (QED) is 0.449. The number of aromatic nitrogens is 2. The number of halogens is 4. The van der Waals surface area contributed by atoms with Crippen LogP contribution in [0.5, 0.6) is 0 Å². The minimum atomic E-state index is -0.378. The number of hydrogen-bond acceptors (Lipinski definition) is 4. The molecule has 0 unspecified atom stereocenters. The van der Waals surface area contributed by atoms with Crippen molar-refractivity contribution in [2.75, 3.05) is 10.9 Å². The van der Waals surface area contributed by atoms with Crippen LogP contribution >= 0.6 is 34.8 Å². The first-order valence-corrected chi connectivity index (χ1v) is 7.92. The molecular formula is C16H10Cl3FN4. The average Bonchev–Trinajstić information content (AvgIpc) is 2.53. The van der Waals surface area contributed by atoms with E-state index in [2.05, 4.69) is 20.8 Å². The Bertz CT molecular complexity index is 889. The van der Waals surface area contributed by atoms with Gasteiger partial charge >= 0.3 is 0 Å². The highest BCUT2D eigenvalue weighted by Crippen LogP contribution is 2.26. The van der Waals surface area contributed by atoms with Gasteiger partial charge in [-0.1, -0.05) is 46.9 Å². The van der Waals surface area contributed by atoms with E-state index in [1.807, 2.05) is 0 Å². The lowest BCUT2D eigenvalue weighted by Crippen LogP contribution is -2.11. The van der Waals surface area contributed by atoms with Crippen LogP contribution in [0.15, 0.2) is 48.5 Å². The highest BCUT2D eigenvalue weighted by atomic mass is 35.5. The third kappa shape index (κ3) is 4.06. The summed E-state index contributed by atoms with van der Waals surface area (Å²) in [6, 6.07) is 12.5. The van der Waals surface area contributed by atoms with E-state index in [1.165, 1.54) is 18.2 Å². The van der Waals surface area contributed by atoms with Gasteiger partial charge in [-0.25, -0.2) is 14.4 Å². The van der Waals surface area contributed by atoms with Crippen LogP contribution < -0.4 is 10.9 Å². The molecule has 4 nitrogen and oxygen atoms in total. The van der Waals surface area contributed by atoms with E-state index < -0.39 is 0 Å². The van der Waals surface area contributed by atoms with E-state index in [-0.39, 0.29) is 11.0 Å². The van der Waals surface area contributed by atoms with Gasteiger partial charge in [0.1, 0.15) is 16.8 Å². The molecule has 8 heteroatoms. The highest BCUT2D eigenvalue weighted by Gasteiger charge is 2.08. The predicted octanol–water partition coefficient (Wildman–Crippen LogP) is 5.68. The Morgan fingerprint density at radius 1 is 0.875 bits per heavy atom. The molecular weight excluding hydrogens is 374 g/mol. The number of nitrogens with one attached hydrogen (secondary N) is 2. The summed E-state index contributed by atoms with van der Waals surface area (Å²) < 4.78 is 13.4. The SMILES string of the molecule is Fc1cccc(-c2nc(Cl)cc(NNc3ccc(Cl)cc3Cl)n2)c1. The van der Waals surface area contributed by atoms with Crippen molar-refractivity contribution in [1.82, 2.24) is 9.97 Å². The van der Waals surface area contributed by atoms with E-state index in [4.69, 9.17) is 34.8 Å². The number of benzene rings is 2. The molecule has 3 aromatic rings. The molecule has 122 valence electrons. The van der Waals surface area contributed by atoms with Gasteiger partial charge in [-0.15, -0.1) is 0 Å². The molecule has 0 saturated carbocycles. The molecule has 0 atom stereocenters. The summed E-state index contributed by atoms with van der Waals surface area (Å²) in [4.78, 5) is 8.41. The van der Waals surface area contributed by atoms with Gasteiger partial charge < -0.3 is 0 Å². The molecule has 0 spiro atoms. The van der Waals surface area contributed by atoms with Crippen LogP contribution in [0.1, 0.15) is 0 Å². The van der Waals surface area contributed by atoms with Crippen LogP contribution in [0, 0.1) is 5.82 Å². The summed E-state index contributed by atoms with van der Waals surface area (Å²) in [5.74, 6) is 0.324. The van der Waals surface area contributed by atoms with Crippen molar-refractivity contribution in [3.63, 3.8) is 0 Å². The number of hydrazine groups is 1.